The quantitative estimate of drug-likeness (QED) is 0.580. The molecule has 2 heterocycles. The second-order valence-corrected chi connectivity index (χ2v) is 9.56. The van der Waals surface area contributed by atoms with Crippen molar-refractivity contribution in [1.82, 2.24) is 24.6 Å². The SMILES string of the molecule is O=C(NCc1ccccc1)c1cn(C[C@@H]2CCCN2S(=O)(=O)Cc2ccccc2)nn1. The lowest BCUT2D eigenvalue weighted by molar-refractivity contribution is 0.0945. The van der Waals surface area contributed by atoms with Crippen molar-refractivity contribution in [2.45, 2.75) is 37.7 Å². The molecule has 1 atom stereocenters. The lowest BCUT2D eigenvalue weighted by atomic mass is 10.2. The van der Waals surface area contributed by atoms with Crippen molar-refractivity contribution in [2.75, 3.05) is 6.54 Å². The molecule has 1 aliphatic heterocycles. The van der Waals surface area contributed by atoms with Crippen LogP contribution in [0.1, 0.15) is 34.5 Å². The van der Waals surface area contributed by atoms with E-state index >= 15 is 0 Å². The number of carbonyl (C=O) groups excluding carboxylic acids is 1. The Morgan fingerprint density at radius 3 is 2.42 bits per heavy atom. The molecule has 31 heavy (non-hydrogen) atoms. The Bertz CT molecular complexity index is 1120. The number of rotatable bonds is 8. The van der Waals surface area contributed by atoms with Crippen LogP contribution in [0, 0.1) is 0 Å². The number of benzene rings is 2. The van der Waals surface area contributed by atoms with E-state index < -0.39 is 10.0 Å². The molecule has 0 radical (unpaired) electrons. The maximum Gasteiger partial charge on any atom is 0.273 e. The van der Waals surface area contributed by atoms with Gasteiger partial charge in [-0.15, -0.1) is 5.10 Å². The summed E-state index contributed by atoms with van der Waals surface area (Å²) in [5.41, 5.74) is 1.98. The molecule has 0 spiro atoms. The van der Waals surface area contributed by atoms with Gasteiger partial charge >= 0.3 is 0 Å². The van der Waals surface area contributed by atoms with Gasteiger partial charge in [-0.2, -0.15) is 4.31 Å². The van der Waals surface area contributed by atoms with Gasteiger partial charge in [0.1, 0.15) is 0 Å². The van der Waals surface area contributed by atoms with Crippen molar-refractivity contribution in [3.05, 3.63) is 83.7 Å². The number of sulfonamides is 1. The minimum atomic E-state index is -3.44. The lowest BCUT2D eigenvalue weighted by Gasteiger charge is -2.24. The summed E-state index contributed by atoms with van der Waals surface area (Å²) in [5.74, 6) is -0.329. The predicted molar refractivity (Wildman–Crippen MR) is 116 cm³/mol. The third kappa shape index (κ3) is 5.36. The van der Waals surface area contributed by atoms with Crippen molar-refractivity contribution in [2.24, 2.45) is 0 Å². The lowest BCUT2D eigenvalue weighted by Crippen LogP contribution is -2.38. The average molecular weight is 440 g/mol. The van der Waals surface area contributed by atoms with Crippen molar-refractivity contribution in [3.8, 4) is 0 Å². The minimum absolute atomic E-state index is 0.0190. The number of nitrogens with one attached hydrogen (secondary N) is 1. The largest absolute Gasteiger partial charge is 0.347 e. The third-order valence-electron chi connectivity index (χ3n) is 5.34. The third-order valence-corrected chi connectivity index (χ3v) is 7.23. The number of nitrogens with zero attached hydrogens (tertiary/aromatic N) is 4. The van der Waals surface area contributed by atoms with E-state index in [2.05, 4.69) is 15.6 Å². The Hall–Kier alpha value is -3.04. The number of hydrogen-bond donors (Lipinski definition) is 1. The van der Waals surface area contributed by atoms with Crippen LogP contribution in [0.25, 0.3) is 0 Å². The molecule has 1 fully saturated rings. The maximum atomic E-state index is 13.0. The molecule has 1 N–H and O–H groups in total. The molecule has 1 aliphatic rings. The van der Waals surface area contributed by atoms with E-state index in [9.17, 15) is 13.2 Å². The van der Waals surface area contributed by atoms with Crippen molar-refractivity contribution < 1.29 is 13.2 Å². The Balaban J connectivity index is 1.37. The van der Waals surface area contributed by atoms with Crippen molar-refractivity contribution in [1.29, 1.82) is 0 Å². The Kier molecular flexibility index (Phi) is 6.43. The van der Waals surface area contributed by atoms with Crippen LogP contribution in [-0.2, 0) is 28.9 Å². The van der Waals surface area contributed by atoms with Crippen LogP contribution in [-0.4, -0.2) is 46.2 Å². The van der Waals surface area contributed by atoms with Crippen LogP contribution in [0.15, 0.2) is 66.9 Å². The summed E-state index contributed by atoms with van der Waals surface area (Å²) < 4.78 is 29.0. The summed E-state index contributed by atoms with van der Waals surface area (Å²) in [7, 11) is -3.44. The first kappa shape index (κ1) is 21.2. The van der Waals surface area contributed by atoms with Gasteiger partial charge in [0.2, 0.25) is 10.0 Å². The highest BCUT2D eigenvalue weighted by Gasteiger charge is 2.34. The van der Waals surface area contributed by atoms with Crippen molar-refractivity contribution in [3.63, 3.8) is 0 Å². The smallest absolute Gasteiger partial charge is 0.273 e. The minimum Gasteiger partial charge on any atom is -0.347 e. The Labute approximate surface area is 181 Å². The number of carbonyl (C=O) groups is 1. The van der Waals surface area contributed by atoms with Gasteiger partial charge in [-0.05, 0) is 24.0 Å². The molecule has 3 aromatic rings. The van der Waals surface area contributed by atoms with E-state index in [1.807, 2.05) is 60.7 Å². The van der Waals surface area contributed by atoms with E-state index in [1.165, 1.54) is 0 Å². The van der Waals surface area contributed by atoms with Gasteiger partial charge in [0, 0.05) is 19.1 Å². The van der Waals surface area contributed by atoms with Gasteiger partial charge in [0.25, 0.3) is 5.91 Å². The van der Waals surface area contributed by atoms with Crippen LogP contribution in [0.3, 0.4) is 0 Å². The van der Waals surface area contributed by atoms with Crippen molar-refractivity contribution >= 4 is 15.9 Å². The summed E-state index contributed by atoms with van der Waals surface area (Å²) >= 11 is 0. The zero-order valence-corrected chi connectivity index (χ0v) is 17.9. The topological polar surface area (TPSA) is 97.2 Å². The zero-order valence-electron chi connectivity index (χ0n) is 17.1. The molecule has 0 aliphatic carbocycles. The Morgan fingerprint density at radius 1 is 1.03 bits per heavy atom. The highest BCUT2D eigenvalue weighted by molar-refractivity contribution is 7.88. The normalized spacial score (nSPS) is 17.0. The average Bonchev–Trinajstić information content (AvgIpc) is 3.44. The molecule has 8 nitrogen and oxygen atoms in total. The van der Waals surface area contributed by atoms with Gasteiger partial charge in [-0.1, -0.05) is 65.9 Å². The summed E-state index contributed by atoms with van der Waals surface area (Å²) in [6.45, 7) is 1.27. The highest BCUT2D eigenvalue weighted by atomic mass is 32.2. The number of aromatic nitrogens is 3. The summed E-state index contributed by atoms with van der Waals surface area (Å²) in [6.07, 6.45) is 3.13. The fraction of sp³-hybridized carbons (Fsp3) is 0.318. The standard InChI is InChI=1S/C22H25N5O3S/c28-22(23-14-18-8-3-1-4-9-18)21-16-26(25-24-21)15-20-12-7-13-27(20)31(29,30)17-19-10-5-2-6-11-19/h1-6,8-11,16,20H,7,12-15,17H2,(H,23,28)/t20-/m0/s1. The van der Waals surface area contributed by atoms with E-state index in [-0.39, 0.29) is 23.4 Å². The number of amides is 1. The fourth-order valence-corrected chi connectivity index (χ4v) is 5.62. The molecule has 162 valence electrons. The van der Waals surface area contributed by atoms with E-state index in [1.54, 1.807) is 15.2 Å². The van der Waals surface area contributed by atoms with Crippen LogP contribution < -0.4 is 5.32 Å². The second-order valence-electron chi connectivity index (χ2n) is 7.64. The molecule has 0 bridgehead atoms. The van der Waals surface area contributed by atoms with Gasteiger partial charge < -0.3 is 5.32 Å². The second kappa shape index (κ2) is 9.40. The fourth-order valence-electron chi connectivity index (χ4n) is 3.80. The molecule has 9 heteroatoms. The van der Waals surface area contributed by atoms with Crippen LogP contribution in [0.5, 0.6) is 0 Å². The zero-order chi connectivity index (χ0) is 21.7. The van der Waals surface area contributed by atoms with E-state index in [4.69, 9.17) is 0 Å². The molecule has 0 unspecified atom stereocenters. The maximum absolute atomic E-state index is 13.0. The van der Waals surface area contributed by atoms with E-state index in [0.717, 1.165) is 24.0 Å². The molecule has 1 amide bonds. The first-order chi connectivity index (χ1) is 15.0. The molecule has 4 rings (SSSR count). The molecule has 1 saturated heterocycles. The van der Waals surface area contributed by atoms with Gasteiger partial charge in [-0.25, -0.2) is 8.42 Å². The first-order valence-corrected chi connectivity index (χ1v) is 11.9. The summed E-state index contributed by atoms with van der Waals surface area (Å²) in [5, 5.41) is 10.8. The molecule has 2 aromatic carbocycles. The molecule has 1 aromatic heterocycles. The summed E-state index contributed by atoms with van der Waals surface area (Å²) in [6, 6.07) is 18.6. The Morgan fingerprint density at radius 2 is 1.71 bits per heavy atom. The number of hydrogen-bond acceptors (Lipinski definition) is 5. The van der Waals surface area contributed by atoms with Gasteiger partial charge in [-0.3, -0.25) is 9.48 Å². The monoisotopic (exact) mass is 439 g/mol. The molecule has 0 saturated carbocycles. The van der Waals surface area contributed by atoms with Gasteiger partial charge in [0.15, 0.2) is 5.69 Å². The highest BCUT2D eigenvalue weighted by Crippen LogP contribution is 2.24. The van der Waals surface area contributed by atoms with Crippen LogP contribution in [0.2, 0.25) is 0 Å². The van der Waals surface area contributed by atoms with Crippen LogP contribution in [0.4, 0.5) is 0 Å². The molecular weight excluding hydrogens is 414 g/mol. The van der Waals surface area contributed by atoms with Gasteiger partial charge in [0.05, 0.1) is 18.5 Å². The predicted octanol–water partition coefficient (Wildman–Crippen LogP) is 2.20. The summed E-state index contributed by atoms with van der Waals surface area (Å²) in [4.78, 5) is 12.4. The van der Waals surface area contributed by atoms with E-state index in [0.29, 0.717) is 19.6 Å². The molecular formula is C22H25N5O3S. The van der Waals surface area contributed by atoms with Crippen LogP contribution >= 0.6 is 0 Å². The first-order valence-electron chi connectivity index (χ1n) is 10.3.